The minimum absolute atomic E-state index is 0.392. The molecule has 1 atom stereocenters. The number of benzene rings is 1. The molecule has 3 nitrogen and oxygen atoms in total. The lowest BCUT2D eigenvalue weighted by molar-refractivity contribution is 0.194. The van der Waals surface area contributed by atoms with Crippen LogP contribution in [0.2, 0.25) is 0 Å². The second-order valence-electron chi connectivity index (χ2n) is 3.82. The molecule has 16 heavy (non-hydrogen) atoms. The quantitative estimate of drug-likeness (QED) is 0.631. The number of ether oxygens (including phenoxy) is 1. The first-order chi connectivity index (χ1) is 7.81. The van der Waals surface area contributed by atoms with Gasteiger partial charge in [0, 0.05) is 17.0 Å². The summed E-state index contributed by atoms with van der Waals surface area (Å²) in [5.74, 6) is 0.484. The molecule has 1 aliphatic rings. The van der Waals surface area contributed by atoms with E-state index in [0.29, 0.717) is 12.5 Å². The van der Waals surface area contributed by atoms with Gasteiger partial charge in [0.1, 0.15) is 0 Å². The average Bonchev–Trinajstić information content (AvgIpc) is 2.80. The Labute approximate surface area is 103 Å². The lowest BCUT2D eigenvalue weighted by Gasteiger charge is -2.11. The molecule has 0 amide bonds. The highest BCUT2D eigenvalue weighted by Gasteiger charge is 2.19. The molecule has 0 saturated carbocycles. The van der Waals surface area contributed by atoms with Crippen LogP contribution in [0.25, 0.3) is 0 Å². The van der Waals surface area contributed by atoms with Gasteiger partial charge in [-0.25, -0.2) is 9.79 Å². The van der Waals surface area contributed by atoms with Crippen molar-refractivity contribution >= 4 is 22.0 Å². The lowest BCUT2D eigenvalue weighted by Crippen LogP contribution is -1.99. The SMILES string of the molecule is O=C=NCc1ccc(C2CCOC2)c(Br)c1. The Kier molecular flexibility index (Phi) is 3.88. The first kappa shape index (κ1) is 11.5. The van der Waals surface area contributed by atoms with E-state index in [9.17, 15) is 4.79 Å². The minimum atomic E-state index is 0.392. The van der Waals surface area contributed by atoms with E-state index >= 15 is 0 Å². The molecule has 0 N–H and O–H groups in total. The minimum Gasteiger partial charge on any atom is -0.381 e. The summed E-state index contributed by atoms with van der Waals surface area (Å²) >= 11 is 3.55. The predicted octanol–water partition coefficient (Wildman–Crippen LogP) is 2.79. The van der Waals surface area contributed by atoms with E-state index in [0.717, 1.165) is 29.7 Å². The zero-order valence-electron chi connectivity index (χ0n) is 8.78. The van der Waals surface area contributed by atoms with Crippen LogP contribution in [0.5, 0.6) is 0 Å². The molecule has 1 saturated heterocycles. The van der Waals surface area contributed by atoms with Gasteiger partial charge in [0.15, 0.2) is 0 Å². The molecule has 1 aromatic rings. The summed E-state index contributed by atoms with van der Waals surface area (Å²) in [4.78, 5) is 13.6. The van der Waals surface area contributed by atoms with Crippen LogP contribution < -0.4 is 0 Å². The van der Waals surface area contributed by atoms with Crippen molar-refractivity contribution in [2.45, 2.75) is 18.9 Å². The van der Waals surface area contributed by atoms with Gasteiger partial charge in [-0.05, 0) is 23.6 Å². The van der Waals surface area contributed by atoms with Crippen molar-refractivity contribution in [2.75, 3.05) is 13.2 Å². The second-order valence-corrected chi connectivity index (χ2v) is 4.68. The van der Waals surface area contributed by atoms with Crippen LogP contribution >= 0.6 is 15.9 Å². The number of isocyanates is 1. The van der Waals surface area contributed by atoms with Crippen molar-refractivity contribution in [2.24, 2.45) is 4.99 Å². The Morgan fingerprint density at radius 3 is 3.06 bits per heavy atom. The van der Waals surface area contributed by atoms with Crippen molar-refractivity contribution in [3.63, 3.8) is 0 Å². The number of nitrogens with zero attached hydrogens (tertiary/aromatic N) is 1. The summed E-state index contributed by atoms with van der Waals surface area (Å²) in [6.45, 7) is 2.03. The standard InChI is InChI=1S/C12H12BrNO2/c13-12-5-9(6-14-8-15)1-2-11(12)10-3-4-16-7-10/h1-2,5,10H,3-4,6-7H2. The van der Waals surface area contributed by atoms with E-state index in [2.05, 4.69) is 27.0 Å². The van der Waals surface area contributed by atoms with Gasteiger partial charge in [0.05, 0.1) is 13.2 Å². The Bertz CT molecular complexity index is 421. The van der Waals surface area contributed by atoms with Crippen LogP contribution in [0, 0.1) is 0 Å². The fourth-order valence-corrected chi connectivity index (χ4v) is 2.65. The van der Waals surface area contributed by atoms with Crippen LogP contribution in [0.1, 0.15) is 23.5 Å². The molecule has 0 bridgehead atoms. The van der Waals surface area contributed by atoms with Crippen LogP contribution in [0.3, 0.4) is 0 Å². The molecule has 2 rings (SSSR count). The zero-order valence-corrected chi connectivity index (χ0v) is 10.4. The number of hydrogen-bond donors (Lipinski definition) is 0. The highest BCUT2D eigenvalue weighted by molar-refractivity contribution is 9.10. The van der Waals surface area contributed by atoms with Gasteiger partial charge in [-0.1, -0.05) is 28.1 Å². The largest absolute Gasteiger partial charge is 0.381 e. The molecule has 0 aliphatic carbocycles. The zero-order chi connectivity index (χ0) is 11.4. The summed E-state index contributed by atoms with van der Waals surface area (Å²) < 4.78 is 6.44. The highest BCUT2D eigenvalue weighted by Crippen LogP contribution is 2.31. The summed E-state index contributed by atoms with van der Waals surface area (Å²) in [6, 6.07) is 6.09. The highest BCUT2D eigenvalue weighted by atomic mass is 79.9. The average molecular weight is 282 g/mol. The summed E-state index contributed by atoms with van der Waals surface area (Å²) in [5, 5.41) is 0. The Balaban J connectivity index is 2.18. The molecular weight excluding hydrogens is 270 g/mol. The first-order valence-corrected chi connectivity index (χ1v) is 6.00. The first-order valence-electron chi connectivity index (χ1n) is 5.21. The third kappa shape index (κ3) is 2.59. The molecule has 0 radical (unpaired) electrons. The maximum atomic E-state index is 10.0. The van der Waals surface area contributed by atoms with E-state index in [1.54, 1.807) is 6.08 Å². The molecule has 0 spiro atoms. The number of halogens is 1. The van der Waals surface area contributed by atoms with Gasteiger partial charge in [0.2, 0.25) is 6.08 Å². The van der Waals surface area contributed by atoms with Gasteiger partial charge in [-0.3, -0.25) is 0 Å². The molecule has 1 heterocycles. The molecule has 0 aromatic heterocycles. The normalized spacial score (nSPS) is 19.4. The van der Waals surface area contributed by atoms with E-state index < -0.39 is 0 Å². The summed E-state index contributed by atoms with van der Waals surface area (Å²) in [6.07, 6.45) is 2.62. The topological polar surface area (TPSA) is 38.7 Å². The Morgan fingerprint density at radius 2 is 2.44 bits per heavy atom. The van der Waals surface area contributed by atoms with Gasteiger partial charge < -0.3 is 4.74 Å². The molecule has 1 aromatic carbocycles. The summed E-state index contributed by atoms with van der Waals surface area (Å²) in [7, 11) is 0. The molecule has 1 aliphatic heterocycles. The molecule has 1 fully saturated rings. The van der Waals surface area contributed by atoms with E-state index in [1.165, 1.54) is 5.56 Å². The fourth-order valence-electron chi connectivity index (χ4n) is 1.90. The molecule has 1 unspecified atom stereocenters. The maximum absolute atomic E-state index is 10.0. The maximum Gasteiger partial charge on any atom is 0.235 e. The second kappa shape index (κ2) is 5.39. The number of hydrogen-bond acceptors (Lipinski definition) is 3. The number of aliphatic imine (C=N–C) groups is 1. The number of carbonyl (C=O) groups excluding carboxylic acids is 1. The van der Waals surface area contributed by atoms with Crippen molar-refractivity contribution in [3.05, 3.63) is 33.8 Å². The van der Waals surface area contributed by atoms with Crippen LogP contribution in [-0.4, -0.2) is 19.3 Å². The van der Waals surface area contributed by atoms with E-state index in [1.807, 2.05) is 12.1 Å². The monoisotopic (exact) mass is 281 g/mol. The van der Waals surface area contributed by atoms with Crippen molar-refractivity contribution in [3.8, 4) is 0 Å². The van der Waals surface area contributed by atoms with Gasteiger partial charge in [0.25, 0.3) is 0 Å². The Hall–Kier alpha value is -0.960. The molecule has 84 valence electrons. The number of rotatable bonds is 3. The van der Waals surface area contributed by atoms with Crippen LogP contribution in [-0.2, 0) is 16.1 Å². The third-order valence-electron chi connectivity index (χ3n) is 2.76. The van der Waals surface area contributed by atoms with E-state index in [4.69, 9.17) is 4.74 Å². The Morgan fingerprint density at radius 1 is 1.56 bits per heavy atom. The van der Waals surface area contributed by atoms with E-state index in [-0.39, 0.29) is 0 Å². The van der Waals surface area contributed by atoms with Gasteiger partial charge >= 0.3 is 0 Å². The molecular formula is C12H12BrNO2. The van der Waals surface area contributed by atoms with Gasteiger partial charge in [-0.15, -0.1) is 0 Å². The van der Waals surface area contributed by atoms with Crippen molar-refractivity contribution in [1.82, 2.24) is 0 Å². The smallest absolute Gasteiger partial charge is 0.235 e. The van der Waals surface area contributed by atoms with Gasteiger partial charge in [-0.2, -0.15) is 0 Å². The van der Waals surface area contributed by atoms with Crippen LogP contribution in [0.15, 0.2) is 27.7 Å². The fraction of sp³-hybridized carbons (Fsp3) is 0.417. The molecule has 4 heteroatoms. The summed E-state index contributed by atoms with van der Waals surface area (Å²) in [5.41, 5.74) is 2.29. The van der Waals surface area contributed by atoms with Crippen molar-refractivity contribution < 1.29 is 9.53 Å². The van der Waals surface area contributed by atoms with Crippen molar-refractivity contribution in [1.29, 1.82) is 0 Å². The predicted molar refractivity (Wildman–Crippen MR) is 64.1 cm³/mol. The third-order valence-corrected chi connectivity index (χ3v) is 3.45. The lowest BCUT2D eigenvalue weighted by atomic mass is 9.97. The van der Waals surface area contributed by atoms with Crippen LogP contribution in [0.4, 0.5) is 0 Å².